The molecule has 0 aliphatic carbocycles. The molecule has 11 heavy (non-hydrogen) atoms. The van der Waals surface area contributed by atoms with Gasteiger partial charge < -0.3 is 4.74 Å². The smallest absolute Gasteiger partial charge is 0.308 e. The summed E-state index contributed by atoms with van der Waals surface area (Å²) in [5.41, 5.74) is 0. The van der Waals surface area contributed by atoms with E-state index in [0.29, 0.717) is 0 Å². The fourth-order valence-corrected chi connectivity index (χ4v) is 0.816. The van der Waals surface area contributed by atoms with Crippen LogP contribution in [0.25, 0.3) is 0 Å². The summed E-state index contributed by atoms with van der Waals surface area (Å²) in [7, 11) is 0. The SMILES string of the molecule is CCCCC=C(Cl)OC(C)=O. The molecule has 0 saturated carbocycles. The van der Waals surface area contributed by atoms with Gasteiger partial charge in [-0.15, -0.1) is 0 Å². The van der Waals surface area contributed by atoms with Crippen LogP contribution in [-0.4, -0.2) is 5.97 Å². The van der Waals surface area contributed by atoms with Gasteiger partial charge >= 0.3 is 5.97 Å². The third-order valence-electron chi connectivity index (χ3n) is 1.10. The summed E-state index contributed by atoms with van der Waals surface area (Å²) in [6.07, 6.45) is 4.76. The molecule has 0 rings (SSSR count). The minimum absolute atomic E-state index is 0.186. The average molecular weight is 177 g/mol. The zero-order valence-corrected chi connectivity index (χ0v) is 7.65. The quantitative estimate of drug-likeness (QED) is 0.374. The van der Waals surface area contributed by atoms with Crippen molar-refractivity contribution in [3.63, 3.8) is 0 Å². The monoisotopic (exact) mass is 176 g/mol. The molecule has 3 heteroatoms. The molecule has 0 bridgehead atoms. The maximum absolute atomic E-state index is 10.3. The summed E-state index contributed by atoms with van der Waals surface area (Å²) in [6, 6.07) is 0. The van der Waals surface area contributed by atoms with Gasteiger partial charge in [-0.1, -0.05) is 13.3 Å². The van der Waals surface area contributed by atoms with Crippen LogP contribution < -0.4 is 0 Å². The van der Waals surface area contributed by atoms with Crippen molar-refractivity contribution in [2.24, 2.45) is 0 Å². The number of allylic oxidation sites excluding steroid dienone is 1. The molecule has 0 saturated heterocycles. The summed E-state index contributed by atoms with van der Waals surface area (Å²) < 4.78 is 4.58. The molecule has 0 radical (unpaired) electrons. The highest BCUT2D eigenvalue weighted by Gasteiger charge is 1.95. The highest BCUT2D eigenvalue weighted by molar-refractivity contribution is 6.28. The van der Waals surface area contributed by atoms with E-state index in [-0.39, 0.29) is 11.2 Å². The van der Waals surface area contributed by atoms with E-state index in [0.717, 1.165) is 19.3 Å². The first-order valence-electron chi connectivity index (χ1n) is 3.71. The molecule has 2 nitrogen and oxygen atoms in total. The standard InChI is InChI=1S/C8H13ClO2/c1-3-4-5-6-8(9)11-7(2)10/h6H,3-5H2,1-2H3. The first kappa shape index (κ1) is 10.5. The maximum Gasteiger partial charge on any atom is 0.308 e. The molecule has 0 aromatic carbocycles. The van der Waals surface area contributed by atoms with Gasteiger partial charge in [0, 0.05) is 6.92 Å². The Bertz CT molecular complexity index is 152. The number of unbranched alkanes of at least 4 members (excludes halogenated alkanes) is 2. The predicted octanol–water partition coefficient (Wildman–Crippen LogP) is 2.82. The molecule has 0 fully saturated rings. The molecule has 0 aromatic heterocycles. The summed E-state index contributed by atoms with van der Waals surface area (Å²) in [4.78, 5) is 10.3. The van der Waals surface area contributed by atoms with Gasteiger partial charge in [0.05, 0.1) is 0 Å². The molecule has 0 unspecified atom stereocenters. The van der Waals surface area contributed by atoms with E-state index < -0.39 is 0 Å². The third-order valence-corrected chi connectivity index (χ3v) is 1.34. The Morgan fingerprint density at radius 1 is 1.64 bits per heavy atom. The molecule has 0 amide bonds. The topological polar surface area (TPSA) is 26.3 Å². The van der Waals surface area contributed by atoms with E-state index in [1.165, 1.54) is 6.92 Å². The van der Waals surface area contributed by atoms with Gasteiger partial charge in [0.1, 0.15) is 0 Å². The van der Waals surface area contributed by atoms with E-state index >= 15 is 0 Å². The second kappa shape index (κ2) is 6.23. The number of carbonyl (C=O) groups excluding carboxylic acids is 1. The number of ether oxygens (including phenoxy) is 1. The van der Waals surface area contributed by atoms with Gasteiger partial charge in [-0.05, 0) is 30.5 Å². The van der Waals surface area contributed by atoms with Crippen LogP contribution in [0.3, 0.4) is 0 Å². The summed E-state index contributed by atoms with van der Waals surface area (Å²) in [6.45, 7) is 3.42. The van der Waals surface area contributed by atoms with E-state index in [2.05, 4.69) is 11.7 Å². The first-order valence-corrected chi connectivity index (χ1v) is 4.08. The van der Waals surface area contributed by atoms with Crippen molar-refractivity contribution in [3.8, 4) is 0 Å². The Balaban J connectivity index is 3.54. The summed E-state index contributed by atoms with van der Waals surface area (Å²) in [5.74, 6) is -0.372. The minimum atomic E-state index is -0.372. The molecule has 0 heterocycles. The van der Waals surface area contributed by atoms with Crippen LogP contribution in [0.15, 0.2) is 11.3 Å². The van der Waals surface area contributed by atoms with Crippen molar-refractivity contribution >= 4 is 17.6 Å². The number of halogens is 1. The molecule has 0 N–H and O–H groups in total. The Labute approximate surface area is 72.2 Å². The highest BCUT2D eigenvalue weighted by Crippen LogP contribution is 2.07. The number of hydrogen-bond acceptors (Lipinski definition) is 2. The van der Waals surface area contributed by atoms with E-state index in [1.807, 2.05) is 0 Å². The normalized spacial score (nSPS) is 11.4. The molecule has 0 atom stereocenters. The minimum Gasteiger partial charge on any atom is -0.415 e. The van der Waals surface area contributed by atoms with Crippen LogP contribution in [0.2, 0.25) is 0 Å². The van der Waals surface area contributed by atoms with Gasteiger partial charge in [0.15, 0.2) is 5.22 Å². The molecular weight excluding hydrogens is 164 g/mol. The zero-order valence-electron chi connectivity index (χ0n) is 6.89. The fraction of sp³-hybridized carbons (Fsp3) is 0.625. The van der Waals surface area contributed by atoms with Gasteiger partial charge in [-0.3, -0.25) is 4.79 Å². The fourth-order valence-electron chi connectivity index (χ4n) is 0.599. The lowest BCUT2D eigenvalue weighted by atomic mass is 10.2. The van der Waals surface area contributed by atoms with Crippen molar-refractivity contribution in [1.29, 1.82) is 0 Å². The van der Waals surface area contributed by atoms with Crippen LogP contribution >= 0.6 is 11.6 Å². The van der Waals surface area contributed by atoms with Crippen LogP contribution in [0.5, 0.6) is 0 Å². The Kier molecular flexibility index (Phi) is 5.94. The van der Waals surface area contributed by atoms with Gasteiger partial charge in [0.25, 0.3) is 0 Å². The lowest BCUT2D eigenvalue weighted by Gasteiger charge is -1.96. The van der Waals surface area contributed by atoms with Crippen molar-refractivity contribution < 1.29 is 9.53 Å². The maximum atomic E-state index is 10.3. The zero-order chi connectivity index (χ0) is 8.69. The van der Waals surface area contributed by atoms with Crippen LogP contribution in [0.4, 0.5) is 0 Å². The van der Waals surface area contributed by atoms with Crippen molar-refractivity contribution in [3.05, 3.63) is 11.3 Å². The van der Waals surface area contributed by atoms with Crippen LogP contribution in [-0.2, 0) is 9.53 Å². The summed E-state index contributed by atoms with van der Waals surface area (Å²) >= 11 is 5.53. The number of esters is 1. The van der Waals surface area contributed by atoms with Crippen molar-refractivity contribution in [1.82, 2.24) is 0 Å². The first-order chi connectivity index (χ1) is 5.16. The second-order valence-corrected chi connectivity index (χ2v) is 2.62. The largest absolute Gasteiger partial charge is 0.415 e. The second-order valence-electron chi connectivity index (χ2n) is 2.24. The van der Waals surface area contributed by atoms with E-state index in [9.17, 15) is 4.79 Å². The number of carbonyl (C=O) groups is 1. The summed E-state index contributed by atoms with van der Waals surface area (Å²) in [5, 5.41) is 0.186. The van der Waals surface area contributed by atoms with Crippen LogP contribution in [0.1, 0.15) is 33.1 Å². The third kappa shape index (κ3) is 7.40. The van der Waals surface area contributed by atoms with Gasteiger partial charge in [-0.2, -0.15) is 0 Å². The number of rotatable bonds is 4. The Hall–Kier alpha value is -0.500. The van der Waals surface area contributed by atoms with Gasteiger partial charge in [-0.25, -0.2) is 0 Å². The molecule has 64 valence electrons. The van der Waals surface area contributed by atoms with E-state index in [1.54, 1.807) is 6.08 Å². The van der Waals surface area contributed by atoms with Crippen LogP contribution in [0, 0.1) is 0 Å². The molecule has 0 spiro atoms. The predicted molar refractivity (Wildman–Crippen MR) is 45.2 cm³/mol. The lowest BCUT2D eigenvalue weighted by Crippen LogP contribution is -1.93. The molecule has 0 aliphatic heterocycles. The highest BCUT2D eigenvalue weighted by atomic mass is 35.5. The van der Waals surface area contributed by atoms with Crippen molar-refractivity contribution in [2.45, 2.75) is 33.1 Å². The lowest BCUT2D eigenvalue weighted by molar-refractivity contribution is -0.135. The molecule has 0 aromatic rings. The van der Waals surface area contributed by atoms with Crippen molar-refractivity contribution in [2.75, 3.05) is 0 Å². The Morgan fingerprint density at radius 3 is 2.73 bits per heavy atom. The van der Waals surface area contributed by atoms with E-state index in [4.69, 9.17) is 11.6 Å². The molecule has 0 aliphatic rings. The Morgan fingerprint density at radius 2 is 2.27 bits per heavy atom. The number of hydrogen-bond donors (Lipinski definition) is 0. The molecular formula is C8H13ClO2. The van der Waals surface area contributed by atoms with Gasteiger partial charge in [0.2, 0.25) is 0 Å². The average Bonchev–Trinajstić information content (AvgIpc) is 1.86.